The first-order chi connectivity index (χ1) is 18.7. The zero-order valence-electron chi connectivity index (χ0n) is 22.9. The number of ether oxygens (including phenoxy) is 2. The van der Waals surface area contributed by atoms with Gasteiger partial charge in [0.15, 0.2) is 0 Å². The fourth-order valence-electron chi connectivity index (χ4n) is 4.20. The van der Waals surface area contributed by atoms with Crippen LogP contribution in [0.5, 0.6) is 11.5 Å². The van der Waals surface area contributed by atoms with Crippen molar-refractivity contribution < 1.29 is 27.5 Å². The molecular formula is C29H35N3O6S. The topological polar surface area (TPSA) is 105 Å². The molecule has 0 aromatic heterocycles. The molecule has 0 fully saturated rings. The Labute approximate surface area is 230 Å². The molecule has 3 aromatic carbocycles. The van der Waals surface area contributed by atoms with Crippen LogP contribution in [0, 0.1) is 6.92 Å². The summed E-state index contributed by atoms with van der Waals surface area (Å²) in [6.45, 7) is 3.22. The Morgan fingerprint density at radius 2 is 1.56 bits per heavy atom. The number of aryl methyl sites for hydroxylation is 1. The predicted molar refractivity (Wildman–Crippen MR) is 150 cm³/mol. The normalized spacial score (nSPS) is 11.8. The molecule has 0 saturated heterocycles. The summed E-state index contributed by atoms with van der Waals surface area (Å²) in [5.41, 5.74) is 1.87. The van der Waals surface area contributed by atoms with Gasteiger partial charge in [-0.1, -0.05) is 48.9 Å². The monoisotopic (exact) mass is 553 g/mol. The van der Waals surface area contributed by atoms with Crippen molar-refractivity contribution in [3.8, 4) is 11.5 Å². The average molecular weight is 554 g/mol. The number of nitrogens with one attached hydrogen (secondary N) is 1. The molecule has 9 nitrogen and oxygen atoms in total. The number of anilines is 1. The fourth-order valence-corrected chi connectivity index (χ4v) is 5.63. The Morgan fingerprint density at radius 3 is 2.13 bits per heavy atom. The van der Waals surface area contributed by atoms with Crippen LogP contribution in [0.25, 0.3) is 0 Å². The van der Waals surface area contributed by atoms with Crippen LogP contribution in [-0.4, -0.2) is 59.0 Å². The van der Waals surface area contributed by atoms with E-state index in [0.29, 0.717) is 17.9 Å². The summed E-state index contributed by atoms with van der Waals surface area (Å²) in [5, 5.41) is 2.62. The second-order valence-corrected chi connectivity index (χ2v) is 10.8. The highest BCUT2D eigenvalue weighted by Gasteiger charge is 2.34. The third-order valence-electron chi connectivity index (χ3n) is 6.39. The molecule has 0 heterocycles. The number of likely N-dealkylation sites (N-methyl/N-ethyl adjacent to an activating group) is 1. The van der Waals surface area contributed by atoms with Gasteiger partial charge in [0.1, 0.15) is 24.1 Å². The number of para-hydroxylation sites is 2. The Kier molecular flexibility index (Phi) is 9.95. The number of methoxy groups -OCH3 is 2. The minimum absolute atomic E-state index is 0.0341. The minimum Gasteiger partial charge on any atom is -0.497 e. The van der Waals surface area contributed by atoms with Crippen molar-refractivity contribution in [2.75, 3.05) is 32.1 Å². The van der Waals surface area contributed by atoms with Crippen LogP contribution in [0.3, 0.4) is 0 Å². The van der Waals surface area contributed by atoms with Gasteiger partial charge in [0, 0.05) is 13.6 Å². The molecule has 0 aliphatic heterocycles. The van der Waals surface area contributed by atoms with Crippen LogP contribution in [0.2, 0.25) is 0 Å². The van der Waals surface area contributed by atoms with E-state index < -0.39 is 28.5 Å². The Balaban J connectivity index is 2.08. The second-order valence-electron chi connectivity index (χ2n) is 8.90. The average Bonchev–Trinajstić information content (AvgIpc) is 2.95. The summed E-state index contributed by atoms with van der Waals surface area (Å²) < 4.78 is 39.6. The van der Waals surface area contributed by atoms with E-state index in [9.17, 15) is 18.0 Å². The molecule has 0 aliphatic rings. The number of sulfonamides is 1. The van der Waals surface area contributed by atoms with Crippen LogP contribution in [-0.2, 0) is 26.2 Å². The van der Waals surface area contributed by atoms with Crippen molar-refractivity contribution in [2.24, 2.45) is 0 Å². The van der Waals surface area contributed by atoms with Gasteiger partial charge in [0.25, 0.3) is 10.0 Å². The Morgan fingerprint density at radius 1 is 0.923 bits per heavy atom. The maximum absolute atomic E-state index is 14.0. The fraction of sp³-hybridized carbons (Fsp3) is 0.310. The molecule has 0 aliphatic carbocycles. The first-order valence-electron chi connectivity index (χ1n) is 12.5. The lowest BCUT2D eigenvalue weighted by atomic mass is 10.1. The summed E-state index contributed by atoms with van der Waals surface area (Å²) >= 11 is 0. The van der Waals surface area contributed by atoms with Crippen molar-refractivity contribution in [3.05, 3.63) is 83.9 Å². The molecule has 3 rings (SSSR count). The number of carbonyl (C=O) groups excluding carboxylic acids is 2. The van der Waals surface area contributed by atoms with Gasteiger partial charge in [0.2, 0.25) is 11.8 Å². The zero-order valence-corrected chi connectivity index (χ0v) is 23.7. The highest BCUT2D eigenvalue weighted by molar-refractivity contribution is 7.92. The van der Waals surface area contributed by atoms with E-state index in [1.165, 1.54) is 31.2 Å². The highest BCUT2D eigenvalue weighted by atomic mass is 32.2. The predicted octanol–water partition coefficient (Wildman–Crippen LogP) is 3.76. The first kappa shape index (κ1) is 29.5. The maximum atomic E-state index is 14.0. The highest BCUT2D eigenvalue weighted by Crippen LogP contribution is 2.32. The summed E-state index contributed by atoms with van der Waals surface area (Å²) in [4.78, 5) is 28.2. The third-order valence-corrected chi connectivity index (χ3v) is 8.16. The number of hydrogen-bond acceptors (Lipinski definition) is 6. The Hall–Kier alpha value is -4.05. The van der Waals surface area contributed by atoms with E-state index in [4.69, 9.17) is 9.47 Å². The van der Waals surface area contributed by atoms with Gasteiger partial charge >= 0.3 is 0 Å². The van der Waals surface area contributed by atoms with E-state index in [1.54, 1.807) is 74.7 Å². The van der Waals surface area contributed by atoms with Crippen molar-refractivity contribution in [3.63, 3.8) is 0 Å². The first-order valence-corrected chi connectivity index (χ1v) is 14.0. The molecule has 10 heteroatoms. The molecule has 39 heavy (non-hydrogen) atoms. The van der Waals surface area contributed by atoms with E-state index in [2.05, 4.69) is 5.32 Å². The van der Waals surface area contributed by atoms with Gasteiger partial charge in [0.05, 0.1) is 24.8 Å². The Bertz CT molecular complexity index is 1370. The van der Waals surface area contributed by atoms with Gasteiger partial charge in [-0.15, -0.1) is 0 Å². The van der Waals surface area contributed by atoms with Gasteiger partial charge in [-0.25, -0.2) is 8.42 Å². The van der Waals surface area contributed by atoms with Crippen molar-refractivity contribution in [2.45, 2.75) is 37.8 Å². The molecule has 0 bridgehead atoms. The standard InChI is InChI=1S/C29H35N3O6S/c1-6-25(29(34)30-3)31(19-22-13-15-23(37-4)16-14-22)28(33)20-32(26-9-7-8-10-27(26)38-5)39(35,36)24-17-11-21(2)12-18-24/h7-18,25H,6,19-20H2,1-5H3,(H,30,34)/t25-/m1/s1. The SMILES string of the molecule is CC[C@H](C(=O)NC)N(Cc1ccc(OC)cc1)C(=O)CN(c1ccccc1OC)S(=O)(=O)c1ccc(C)cc1. The van der Waals surface area contributed by atoms with E-state index in [0.717, 1.165) is 15.4 Å². The van der Waals surface area contributed by atoms with E-state index in [1.807, 2.05) is 6.92 Å². The second kappa shape index (κ2) is 13.1. The number of rotatable bonds is 12. The van der Waals surface area contributed by atoms with Crippen LogP contribution < -0.4 is 19.1 Å². The molecular weight excluding hydrogens is 518 g/mol. The van der Waals surface area contributed by atoms with Crippen molar-refractivity contribution in [1.82, 2.24) is 10.2 Å². The van der Waals surface area contributed by atoms with E-state index in [-0.39, 0.29) is 23.0 Å². The van der Waals surface area contributed by atoms with Gasteiger partial charge in [-0.2, -0.15) is 0 Å². The quantitative estimate of drug-likeness (QED) is 0.366. The largest absolute Gasteiger partial charge is 0.497 e. The van der Waals surface area contributed by atoms with E-state index >= 15 is 0 Å². The molecule has 0 saturated carbocycles. The smallest absolute Gasteiger partial charge is 0.264 e. The number of carbonyl (C=O) groups is 2. The van der Waals surface area contributed by atoms with Crippen molar-refractivity contribution in [1.29, 1.82) is 0 Å². The molecule has 0 unspecified atom stereocenters. The third kappa shape index (κ3) is 6.88. The van der Waals surface area contributed by atoms with Crippen LogP contribution in [0.1, 0.15) is 24.5 Å². The summed E-state index contributed by atoms with van der Waals surface area (Å²) in [7, 11) is 0.317. The summed E-state index contributed by atoms with van der Waals surface area (Å²) in [6.07, 6.45) is 0.334. The molecule has 0 spiro atoms. The molecule has 208 valence electrons. The van der Waals surface area contributed by atoms with Crippen LogP contribution in [0.15, 0.2) is 77.7 Å². The number of nitrogens with zero attached hydrogens (tertiary/aromatic N) is 2. The van der Waals surface area contributed by atoms with Crippen LogP contribution >= 0.6 is 0 Å². The molecule has 2 amide bonds. The number of benzene rings is 3. The zero-order chi connectivity index (χ0) is 28.6. The molecule has 3 aromatic rings. The van der Waals surface area contributed by atoms with Crippen LogP contribution in [0.4, 0.5) is 5.69 Å². The molecule has 1 atom stereocenters. The number of hydrogen-bond donors (Lipinski definition) is 1. The van der Waals surface area contributed by atoms with Crippen molar-refractivity contribution >= 4 is 27.5 Å². The lowest BCUT2D eigenvalue weighted by molar-refractivity contribution is -0.140. The van der Waals surface area contributed by atoms with Gasteiger partial charge < -0.3 is 19.7 Å². The summed E-state index contributed by atoms with van der Waals surface area (Å²) in [5.74, 6) is 0.0648. The summed E-state index contributed by atoms with van der Waals surface area (Å²) in [6, 6.07) is 19.3. The molecule has 0 radical (unpaired) electrons. The molecule has 1 N–H and O–H groups in total. The van der Waals surface area contributed by atoms with Gasteiger partial charge in [-0.3, -0.25) is 13.9 Å². The maximum Gasteiger partial charge on any atom is 0.264 e. The van der Waals surface area contributed by atoms with Gasteiger partial charge in [-0.05, 0) is 55.3 Å². The minimum atomic E-state index is -4.18. The lowest BCUT2D eigenvalue weighted by Gasteiger charge is -2.33. The number of amides is 2. The lowest BCUT2D eigenvalue weighted by Crippen LogP contribution is -2.51.